The van der Waals surface area contributed by atoms with E-state index in [0.717, 1.165) is 18.9 Å². The van der Waals surface area contributed by atoms with Gasteiger partial charge in [-0.2, -0.15) is 0 Å². The summed E-state index contributed by atoms with van der Waals surface area (Å²) in [6, 6.07) is -0.0697. The second kappa shape index (κ2) is 7.70. The number of urea groups is 1. The van der Waals surface area contributed by atoms with E-state index in [1.165, 1.54) is 20.3 Å². The number of hydrogen-bond acceptors (Lipinski definition) is 8. The Morgan fingerprint density at radius 2 is 1.78 bits per heavy atom. The van der Waals surface area contributed by atoms with Gasteiger partial charge in [0.25, 0.3) is 0 Å². The maximum atomic E-state index is 15.1. The van der Waals surface area contributed by atoms with Gasteiger partial charge in [-0.15, -0.1) is 0 Å². The molecule has 2 aliphatic rings. The molecule has 168 valence electrons. The van der Waals surface area contributed by atoms with Gasteiger partial charge in [0.1, 0.15) is 17.2 Å². The number of barbiturate groups is 1. The number of carbonyl (C=O) groups excluding carboxylic acids is 4. The first-order valence-corrected chi connectivity index (χ1v) is 9.84. The molecule has 11 nitrogen and oxygen atoms in total. The maximum Gasteiger partial charge on any atom is 0.514 e. The number of hydrogen-bond donors (Lipinski definition) is 0. The van der Waals surface area contributed by atoms with Crippen molar-refractivity contribution in [2.75, 3.05) is 20.7 Å². The number of imide groups is 2. The summed E-state index contributed by atoms with van der Waals surface area (Å²) in [6.07, 6.45) is 1.68. The molecular formula is C20H19FN4O7. The summed E-state index contributed by atoms with van der Waals surface area (Å²) in [5.41, 5.74) is -1.26. The summed E-state index contributed by atoms with van der Waals surface area (Å²) >= 11 is 0. The van der Waals surface area contributed by atoms with Crippen LogP contribution in [-0.2, 0) is 14.3 Å². The van der Waals surface area contributed by atoms with Crippen LogP contribution in [-0.4, -0.2) is 64.1 Å². The second-order valence-corrected chi connectivity index (χ2v) is 7.48. The Morgan fingerprint density at radius 1 is 1.16 bits per heavy atom. The highest BCUT2D eigenvalue weighted by Gasteiger charge is 2.45. The molecule has 0 atom stereocenters. The van der Waals surface area contributed by atoms with Crippen LogP contribution >= 0.6 is 0 Å². The highest BCUT2D eigenvalue weighted by atomic mass is 19.1. The molecule has 4 rings (SSSR count). The van der Waals surface area contributed by atoms with Crippen molar-refractivity contribution in [1.29, 1.82) is 0 Å². The van der Waals surface area contributed by atoms with Crippen LogP contribution in [0.3, 0.4) is 0 Å². The van der Waals surface area contributed by atoms with E-state index in [9.17, 15) is 24.0 Å². The minimum atomic E-state index is -1.68. The van der Waals surface area contributed by atoms with Crippen molar-refractivity contribution in [1.82, 2.24) is 19.4 Å². The molecule has 1 aliphatic heterocycles. The zero-order valence-electron chi connectivity index (χ0n) is 17.5. The molecule has 4 amide bonds. The lowest BCUT2D eigenvalue weighted by molar-refractivity contribution is -0.143. The van der Waals surface area contributed by atoms with Gasteiger partial charge in [-0.3, -0.25) is 24.2 Å². The van der Waals surface area contributed by atoms with Crippen LogP contribution in [0.15, 0.2) is 17.1 Å². The van der Waals surface area contributed by atoms with Gasteiger partial charge in [0.15, 0.2) is 11.7 Å². The van der Waals surface area contributed by atoms with Crippen molar-refractivity contribution in [3.8, 4) is 5.75 Å². The molecular weight excluding hydrogens is 427 g/mol. The van der Waals surface area contributed by atoms with Crippen molar-refractivity contribution in [2.45, 2.75) is 31.7 Å². The summed E-state index contributed by atoms with van der Waals surface area (Å²) < 4.78 is 26.3. The van der Waals surface area contributed by atoms with Crippen molar-refractivity contribution >= 4 is 35.0 Å². The number of amides is 4. The first-order valence-electron chi connectivity index (χ1n) is 9.84. The van der Waals surface area contributed by atoms with Crippen LogP contribution in [0.5, 0.6) is 5.75 Å². The topological polar surface area (TPSA) is 128 Å². The molecule has 0 spiro atoms. The zero-order valence-corrected chi connectivity index (χ0v) is 17.5. The third kappa shape index (κ3) is 3.37. The molecule has 1 saturated carbocycles. The lowest BCUT2D eigenvalue weighted by Crippen LogP contribution is -2.56. The number of halogens is 1. The number of pyridine rings is 2. The lowest BCUT2D eigenvalue weighted by Gasteiger charge is -2.32. The Hall–Kier alpha value is -3.83. The van der Waals surface area contributed by atoms with E-state index >= 15 is 4.39 Å². The van der Waals surface area contributed by atoms with Gasteiger partial charge in [0, 0.05) is 20.1 Å². The van der Waals surface area contributed by atoms with Gasteiger partial charge in [-0.05, 0) is 25.8 Å². The molecule has 12 heteroatoms. The van der Waals surface area contributed by atoms with Crippen molar-refractivity contribution in [3.63, 3.8) is 0 Å². The van der Waals surface area contributed by atoms with Gasteiger partial charge in [-0.25, -0.2) is 19.0 Å². The first kappa shape index (κ1) is 21.4. The van der Waals surface area contributed by atoms with Crippen LogP contribution in [0.2, 0.25) is 0 Å². The number of likely N-dealkylation sites (N-methyl/N-ethyl adjacent to an activating group) is 2. The molecule has 0 N–H and O–H groups in total. The fourth-order valence-electron chi connectivity index (χ4n) is 3.52. The zero-order chi connectivity index (χ0) is 23.3. The molecule has 3 heterocycles. The minimum absolute atomic E-state index is 0.0351. The van der Waals surface area contributed by atoms with Crippen LogP contribution in [0.1, 0.15) is 37.4 Å². The monoisotopic (exact) mass is 446 g/mol. The number of nitrogens with zero attached hydrogens (tertiary/aromatic N) is 4. The fourth-order valence-corrected chi connectivity index (χ4v) is 3.52. The number of aromatic nitrogens is 2. The third-order valence-electron chi connectivity index (χ3n) is 5.35. The molecule has 2 fully saturated rings. The van der Waals surface area contributed by atoms with Gasteiger partial charge < -0.3 is 14.0 Å². The molecule has 32 heavy (non-hydrogen) atoms. The Balaban J connectivity index is 1.88. The Labute approximate surface area is 180 Å². The summed E-state index contributed by atoms with van der Waals surface area (Å²) in [6.45, 7) is 1.61. The summed E-state index contributed by atoms with van der Waals surface area (Å²) in [5, 5.41) is -0.187. The van der Waals surface area contributed by atoms with Gasteiger partial charge >= 0.3 is 12.2 Å². The fraction of sp³-hybridized carbons (Fsp3) is 0.400. The molecule has 0 bridgehead atoms. The smallest absolute Gasteiger partial charge is 0.434 e. The number of carbonyl (C=O) groups is 4. The highest BCUT2D eigenvalue weighted by molar-refractivity contribution is 6.18. The predicted molar refractivity (Wildman–Crippen MR) is 106 cm³/mol. The van der Waals surface area contributed by atoms with Gasteiger partial charge in [-0.1, -0.05) is 0 Å². The normalized spacial score (nSPS) is 17.3. The average molecular weight is 446 g/mol. The Morgan fingerprint density at radius 3 is 2.34 bits per heavy atom. The summed E-state index contributed by atoms with van der Waals surface area (Å²) in [7, 11) is 2.36. The van der Waals surface area contributed by atoms with Crippen molar-refractivity contribution < 1.29 is 33.0 Å². The maximum absolute atomic E-state index is 15.1. The minimum Gasteiger partial charge on any atom is -0.434 e. The van der Waals surface area contributed by atoms with Crippen LogP contribution in [0.25, 0.3) is 11.0 Å². The van der Waals surface area contributed by atoms with Crippen molar-refractivity contribution in [2.24, 2.45) is 0 Å². The Kier molecular flexibility index (Phi) is 5.15. The average Bonchev–Trinajstić information content (AvgIpc) is 3.59. The van der Waals surface area contributed by atoms with E-state index < -0.39 is 46.9 Å². The molecule has 0 aromatic carbocycles. The molecule has 1 aliphatic carbocycles. The van der Waals surface area contributed by atoms with E-state index in [-0.39, 0.29) is 29.4 Å². The second-order valence-electron chi connectivity index (χ2n) is 7.48. The molecule has 2 aromatic rings. The molecule has 0 radical (unpaired) electrons. The first-order chi connectivity index (χ1) is 15.1. The predicted octanol–water partition coefficient (Wildman–Crippen LogP) is 1.54. The third-order valence-corrected chi connectivity index (χ3v) is 5.35. The van der Waals surface area contributed by atoms with E-state index in [4.69, 9.17) is 9.47 Å². The summed E-state index contributed by atoms with van der Waals surface area (Å²) in [5.74, 6) is -4.96. The number of rotatable bonds is 4. The van der Waals surface area contributed by atoms with Crippen molar-refractivity contribution in [3.05, 3.63) is 34.0 Å². The van der Waals surface area contributed by atoms with E-state index in [1.54, 1.807) is 11.5 Å². The van der Waals surface area contributed by atoms with Gasteiger partial charge in [0.05, 0.1) is 18.2 Å². The summed E-state index contributed by atoms with van der Waals surface area (Å²) in [4.78, 5) is 67.4. The molecule has 0 unspecified atom stereocenters. The number of fused-ring (bicyclic) bond motifs is 1. The largest absolute Gasteiger partial charge is 0.514 e. The van der Waals surface area contributed by atoms with Crippen LogP contribution in [0.4, 0.5) is 14.0 Å². The van der Waals surface area contributed by atoms with Gasteiger partial charge in [0.2, 0.25) is 17.2 Å². The molecule has 2 aromatic heterocycles. The van der Waals surface area contributed by atoms with E-state index in [2.05, 4.69) is 4.98 Å². The number of ether oxygens (including phenoxy) is 2. The van der Waals surface area contributed by atoms with Crippen LogP contribution < -0.4 is 10.2 Å². The highest BCUT2D eigenvalue weighted by Crippen LogP contribution is 2.38. The lowest BCUT2D eigenvalue weighted by atomic mass is 9.98. The Bertz CT molecular complexity index is 1210. The SMILES string of the molecule is CCOC(=O)Oc1cn(C2CC2)c2nc(C3C(=O)N(C)C(=O)N(C)C3=O)c(F)cc2c1=O. The standard InChI is InChI=1S/C20H19FN4O7/c1-4-31-20(30)32-12-8-25(9-5-6-9)16-10(15(12)26)7-11(21)14(22-16)13-17(27)23(2)19(29)24(3)18(13)28/h7-9,13H,4-6H2,1-3H3. The molecule has 1 saturated heterocycles. The quantitative estimate of drug-likeness (QED) is 0.511. The van der Waals surface area contributed by atoms with E-state index in [1.807, 2.05) is 0 Å². The van der Waals surface area contributed by atoms with E-state index in [0.29, 0.717) is 9.80 Å². The van der Waals surface area contributed by atoms with Crippen LogP contribution in [0, 0.1) is 5.82 Å².